The van der Waals surface area contributed by atoms with Gasteiger partial charge < -0.3 is 15.1 Å². The molecule has 8 heteroatoms. The Hall–Kier alpha value is -2.97. The Kier molecular flexibility index (Phi) is 6.43. The van der Waals surface area contributed by atoms with Crippen LogP contribution in [0.5, 0.6) is 0 Å². The number of aromatic nitrogens is 1. The van der Waals surface area contributed by atoms with Crippen LogP contribution in [-0.4, -0.2) is 53.1 Å². The van der Waals surface area contributed by atoms with Crippen molar-refractivity contribution in [2.75, 3.05) is 36.4 Å². The smallest absolute Gasteiger partial charge is 0.276 e. The number of nitrogens with zero attached hydrogens (tertiary/aromatic N) is 3. The molecule has 2 aliphatic heterocycles. The van der Waals surface area contributed by atoms with Crippen LogP contribution in [0.2, 0.25) is 0 Å². The number of anilines is 2. The third kappa shape index (κ3) is 4.61. The first kappa shape index (κ1) is 22.2. The van der Waals surface area contributed by atoms with Crippen molar-refractivity contribution in [3.05, 3.63) is 53.3 Å². The summed E-state index contributed by atoms with van der Waals surface area (Å²) in [5.74, 6) is -0.454. The number of hydrogen-bond acceptors (Lipinski definition) is 6. The molecular weight excluding hydrogens is 406 g/mol. The molecule has 2 aliphatic rings. The Morgan fingerprint density at radius 1 is 1.16 bits per heavy atom. The molecule has 0 aliphatic carbocycles. The average Bonchev–Trinajstić information content (AvgIpc) is 2.83. The van der Waals surface area contributed by atoms with E-state index in [0.717, 1.165) is 68.1 Å². The first-order valence-electron chi connectivity index (χ1n) is 11.2. The molecule has 170 valence electrons. The lowest BCUT2D eigenvalue weighted by Gasteiger charge is -2.37. The number of hydroxylamine groups is 1. The number of benzene rings is 1. The largest absolute Gasteiger partial charge is 0.365 e. The highest BCUT2D eigenvalue weighted by atomic mass is 16.5. The standard InChI is InChI=1S/C24H31N5O3/c1-3-28-12-9-24(2,10-13-28)23(31)26-19-4-6-20(7-5-19)29-11-8-17-14-18(22(30)27-32)15-25-21(17)16-29/h4-7,14-15,32H,3,8-13,16H2,1-2H3,(H,26,31)(H,27,30). The molecule has 1 aromatic carbocycles. The summed E-state index contributed by atoms with van der Waals surface area (Å²) < 4.78 is 0. The van der Waals surface area contributed by atoms with Crippen LogP contribution >= 0.6 is 0 Å². The highest BCUT2D eigenvalue weighted by molar-refractivity contribution is 5.95. The van der Waals surface area contributed by atoms with E-state index >= 15 is 0 Å². The maximum absolute atomic E-state index is 12.9. The zero-order valence-corrected chi connectivity index (χ0v) is 18.7. The topological polar surface area (TPSA) is 97.8 Å². The van der Waals surface area contributed by atoms with E-state index in [0.29, 0.717) is 12.1 Å². The van der Waals surface area contributed by atoms with Crippen LogP contribution in [0, 0.1) is 5.41 Å². The third-order valence-corrected chi connectivity index (χ3v) is 6.86. The van der Waals surface area contributed by atoms with Gasteiger partial charge in [0.15, 0.2) is 0 Å². The summed E-state index contributed by atoms with van der Waals surface area (Å²) in [5, 5.41) is 11.9. The van der Waals surface area contributed by atoms with E-state index in [1.165, 1.54) is 6.20 Å². The Balaban J connectivity index is 1.38. The quantitative estimate of drug-likeness (QED) is 0.492. The molecule has 32 heavy (non-hydrogen) atoms. The van der Waals surface area contributed by atoms with Crippen LogP contribution in [0.25, 0.3) is 0 Å². The third-order valence-electron chi connectivity index (χ3n) is 6.86. The SMILES string of the molecule is CCN1CCC(C)(C(=O)Nc2ccc(N3CCc4cc(C(=O)NO)cnc4C3)cc2)CC1. The van der Waals surface area contributed by atoms with Gasteiger partial charge in [-0.3, -0.25) is 19.8 Å². The van der Waals surface area contributed by atoms with Crippen molar-refractivity contribution in [2.24, 2.45) is 5.41 Å². The van der Waals surface area contributed by atoms with Crippen LogP contribution in [0.3, 0.4) is 0 Å². The Morgan fingerprint density at radius 2 is 1.88 bits per heavy atom. The van der Waals surface area contributed by atoms with E-state index in [1.54, 1.807) is 11.5 Å². The lowest BCUT2D eigenvalue weighted by atomic mass is 9.79. The maximum Gasteiger partial charge on any atom is 0.276 e. The molecule has 3 heterocycles. The average molecular weight is 438 g/mol. The van der Waals surface area contributed by atoms with E-state index in [-0.39, 0.29) is 11.3 Å². The first-order chi connectivity index (χ1) is 15.4. The number of rotatable bonds is 5. The summed E-state index contributed by atoms with van der Waals surface area (Å²) in [5.41, 5.74) is 5.51. The summed E-state index contributed by atoms with van der Waals surface area (Å²) in [4.78, 5) is 33.5. The number of amides is 2. The second-order valence-corrected chi connectivity index (χ2v) is 8.94. The molecule has 3 N–H and O–H groups in total. The van der Waals surface area contributed by atoms with Crippen LogP contribution in [-0.2, 0) is 17.8 Å². The number of carbonyl (C=O) groups is 2. The van der Waals surface area contributed by atoms with Crippen molar-refractivity contribution in [3.8, 4) is 0 Å². The van der Waals surface area contributed by atoms with Gasteiger partial charge in [-0.25, -0.2) is 5.48 Å². The Morgan fingerprint density at radius 3 is 2.53 bits per heavy atom. The van der Waals surface area contributed by atoms with E-state index in [4.69, 9.17) is 5.21 Å². The fourth-order valence-electron chi connectivity index (χ4n) is 4.45. The fraction of sp³-hybridized carbons (Fsp3) is 0.458. The van der Waals surface area contributed by atoms with E-state index in [2.05, 4.69) is 33.9 Å². The molecule has 4 rings (SSSR count). The molecule has 0 spiro atoms. The van der Waals surface area contributed by atoms with E-state index in [1.807, 2.05) is 24.3 Å². The number of piperidine rings is 1. The molecule has 0 saturated carbocycles. The number of fused-ring (bicyclic) bond motifs is 1. The number of carbonyl (C=O) groups excluding carboxylic acids is 2. The van der Waals surface area contributed by atoms with Crippen molar-refractivity contribution in [2.45, 2.75) is 39.7 Å². The molecule has 2 aromatic rings. The lowest BCUT2D eigenvalue weighted by molar-refractivity contribution is -0.127. The second-order valence-electron chi connectivity index (χ2n) is 8.94. The summed E-state index contributed by atoms with van der Waals surface area (Å²) in [6, 6.07) is 9.74. The molecule has 1 fully saturated rings. The molecule has 1 aromatic heterocycles. The van der Waals surface area contributed by atoms with Crippen molar-refractivity contribution in [1.82, 2.24) is 15.4 Å². The predicted octanol–water partition coefficient (Wildman–Crippen LogP) is 2.82. The summed E-state index contributed by atoms with van der Waals surface area (Å²) >= 11 is 0. The van der Waals surface area contributed by atoms with Gasteiger partial charge in [0, 0.05) is 29.5 Å². The maximum atomic E-state index is 12.9. The van der Waals surface area contributed by atoms with Crippen LogP contribution < -0.4 is 15.7 Å². The summed E-state index contributed by atoms with van der Waals surface area (Å²) in [6.45, 7) is 8.65. The van der Waals surface area contributed by atoms with E-state index in [9.17, 15) is 9.59 Å². The summed E-state index contributed by atoms with van der Waals surface area (Å²) in [6.07, 6.45) is 4.01. The van der Waals surface area contributed by atoms with Gasteiger partial charge in [-0.05, 0) is 74.8 Å². The first-order valence-corrected chi connectivity index (χ1v) is 11.2. The molecule has 1 saturated heterocycles. The summed E-state index contributed by atoms with van der Waals surface area (Å²) in [7, 11) is 0. The molecule has 8 nitrogen and oxygen atoms in total. The molecule has 0 atom stereocenters. The van der Waals surface area contributed by atoms with Gasteiger partial charge >= 0.3 is 0 Å². The van der Waals surface area contributed by atoms with Crippen molar-refractivity contribution in [1.29, 1.82) is 0 Å². The molecule has 0 radical (unpaired) electrons. The Labute approximate surface area is 188 Å². The minimum Gasteiger partial charge on any atom is -0.365 e. The Bertz CT molecular complexity index is 984. The van der Waals surface area contributed by atoms with Crippen LogP contribution in [0.1, 0.15) is 48.3 Å². The zero-order chi connectivity index (χ0) is 22.7. The van der Waals surface area contributed by atoms with Gasteiger partial charge in [0.05, 0.1) is 17.8 Å². The highest BCUT2D eigenvalue weighted by Crippen LogP contribution is 2.33. The zero-order valence-electron chi connectivity index (χ0n) is 18.7. The minimum atomic E-state index is -0.551. The van der Waals surface area contributed by atoms with Crippen molar-refractivity contribution < 1.29 is 14.8 Å². The molecule has 2 amide bonds. The van der Waals surface area contributed by atoms with Gasteiger partial charge in [0.1, 0.15) is 0 Å². The van der Waals surface area contributed by atoms with Crippen molar-refractivity contribution in [3.63, 3.8) is 0 Å². The number of hydrogen-bond donors (Lipinski definition) is 3. The lowest BCUT2D eigenvalue weighted by Crippen LogP contribution is -2.44. The molecular formula is C24H31N5O3. The van der Waals surface area contributed by atoms with Gasteiger partial charge in [0.2, 0.25) is 5.91 Å². The minimum absolute atomic E-state index is 0.0971. The van der Waals surface area contributed by atoms with Crippen LogP contribution in [0.4, 0.5) is 11.4 Å². The fourth-order valence-corrected chi connectivity index (χ4v) is 4.45. The van der Waals surface area contributed by atoms with E-state index < -0.39 is 5.91 Å². The van der Waals surface area contributed by atoms with Crippen LogP contribution in [0.15, 0.2) is 36.5 Å². The number of pyridine rings is 1. The number of likely N-dealkylation sites (tertiary alicyclic amines) is 1. The van der Waals surface area contributed by atoms with Gasteiger partial charge in [-0.2, -0.15) is 0 Å². The van der Waals surface area contributed by atoms with Gasteiger partial charge in [0.25, 0.3) is 5.91 Å². The van der Waals surface area contributed by atoms with Gasteiger partial charge in [-0.15, -0.1) is 0 Å². The normalized spacial score (nSPS) is 18.0. The second kappa shape index (κ2) is 9.26. The monoisotopic (exact) mass is 437 g/mol. The number of nitrogens with one attached hydrogen (secondary N) is 2. The molecule has 0 unspecified atom stereocenters. The van der Waals surface area contributed by atoms with Gasteiger partial charge in [-0.1, -0.05) is 13.8 Å². The van der Waals surface area contributed by atoms with Crippen molar-refractivity contribution >= 4 is 23.2 Å². The predicted molar refractivity (Wildman–Crippen MR) is 123 cm³/mol. The molecule has 0 bridgehead atoms. The highest BCUT2D eigenvalue weighted by Gasteiger charge is 2.36.